The SMILES string of the molecule is [Co].[Mo].[Ni].[SbH3]. The summed E-state index contributed by atoms with van der Waals surface area (Å²) in [7, 11) is 0. The summed E-state index contributed by atoms with van der Waals surface area (Å²) in [5.41, 5.74) is 0. The van der Waals surface area contributed by atoms with Crippen LogP contribution < -0.4 is 0 Å². The van der Waals surface area contributed by atoms with E-state index in [9.17, 15) is 0 Å². The fraction of sp³-hybridized carbons (Fsp3) is 0. The summed E-state index contributed by atoms with van der Waals surface area (Å²) in [4.78, 5) is 0. The van der Waals surface area contributed by atoms with Gasteiger partial charge in [-0.2, -0.15) is 0 Å². The van der Waals surface area contributed by atoms with Gasteiger partial charge in [0.1, 0.15) is 0 Å². The molecular weight excluding hydrogens is 335 g/mol. The molecule has 0 aliphatic heterocycles. The molecule has 0 bridgehead atoms. The van der Waals surface area contributed by atoms with E-state index in [0.717, 1.165) is 0 Å². The van der Waals surface area contributed by atoms with E-state index in [1.54, 1.807) is 0 Å². The second kappa shape index (κ2) is 17.8. The maximum absolute atomic E-state index is 0. The standard InChI is InChI=1S/Co.Mo.Ni.Sb.3H. The first kappa shape index (κ1) is 31.4. The molecule has 4 heteroatoms. The van der Waals surface area contributed by atoms with Crippen LogP contribution in [0.4, 0.5) is 0 Å². The molecule has 0 aromatic carbocycles. The summed E-state index contributed by atoms with van der Waals surface area (Å²) in [6.07, 6.45) is 0. The average molecular weight is 338 g/mol. The van der Waals surface area contributed by atoms with Gasteiger partial charge in [0.15, 0.2) is 0 Å². The second-order valence-electron chi connectivity index (χ2n) is 0. The van der Waals surface area contributed by atoms with Crippen LogP contribution in [0.5, 0.6) is 0 Å². The molecule has 0 saturated carbocycles. The molecule has 0 unspecified atom stereocenters. The van der Waals surface area contributed by atoms with Crippen molar-refractivity contribution in [3.8, 4) is 0 Å². The van der Waals surface area contributed by atoms with Crippen molar-refractivity contribution in [3.05, 3.63) is 0 Å². The van der Waals surface area contributed by atoms with E-state index in [2.05, 4.69) is 0 Å². The van der Waals surface area contributed by atoms with Gasteiger partial charge in [-0.3, -0.25) is 0 Å². The molecule has 0 heterocycles. The van der Waals surface area contributed by atoms with Gasteiger partial charge in [0.2, 0.25) is 0 Å². The van der Waals surface area contributed by atoms with Crippen molar-refractivity contribution in [1.82, 2.24) is 0 Å². The molecule has 0 fully saturated rings. The van der Waals surface area contributed by atoms with Crippen molar-refractivity contribution < 1.29 is 54.3 Å². The summed E-state index contributed by atoms with van der Waals surface area (Å²) in [5, 5.41) is 0. The molecule has 0 aliphatic rings. The van der Waals surface area contributed by atoms with Gasteiger partial charge in [-0.25, -0.2) is 0 Å². The fourth-order valence-electron chi connectivity index (χ4n) is 0. The minimum atomic E-state index is 0. The first-order valence-electron chi connectivity index (χ1n) is 0. The first-order valence-corrected chi connectivity index (χ1v) is 0. The predicted octanol–water partition coefficient (Wildman–Crippen LogP) is -1.19. The van der Waals surface area contributed by atoms with Crippen molar-refractivity contribution in [3.63, 3.8) is 0 Å². The second-order valence-corrected chi connectivity index (χ2v) is 0. The molecule has 0 N–H and O–H groups in total. The van der Waals surface area contributed by atoms with E-state index in [1.165, 1.54) is 0 Å². The quantitative estimate of drug-likeness (QED) is 0.487. The third-order valence-electron chi connectivity index (χ3n) is 0. The van der Waals surface area contributed by atoms with Gasteiger partial charge < -0.3 is 0 Å². The number of hydrogen-bond donors (Lipinski definition) is 0. The normalized spacial score (nSPS) is 0. The minimum absolute atomic E-state index is 0. The molecule has 0 nitrogen and oxygen atoms in total. The molecule has 0 aliphatic carbocycles. The molecular formula is H3CoMoNiSb. The average Bonchev–Trinajstić information content (AvgIpc) is 0. The Bertz CT molecular complexity index is 8.00. The fourth-order valence-corrected chi connectivity index (χ4v) is 0. The van der Waals surface area contributed by atoms with Crippen LogP contribution in [-0.4, -0.2) is 24.4 Å². The molecule has 0 rings (SSSR count). The molecule has 0 atom stereocenters. The Labute approximate surface area is 77.7 Å². The van der Waals surface area contributed by atoms with Gasteiger partial charge >= 0.3 is 24.4 Å². The van der Waals surface area contributed by atoms with Crippen LogP contribution in [0, 0.1) is 0 Å². The van der Waals surface area contributed by atoms with Gasteiger partial charge in [0, 0.05) is 54.3 Å². The van der Waals surface area contributed by atoms with Gasteiger partial charge in [0.25, 0.3) is 0 Å². The molecule has 0 amide bonds. The van der Waals surface area contributed by atoms with E-state index in [4.69, 9.17) is 0 Å². The molecule has 33 valence electrons. The van der Waals surface area contributed by atoms with E-state index >= 15 is 0 Å². The van der Waals surface area contributed by atoms with Gasteiger partial charge in [-0.05, 0) is 0 Å². The summed E-state index contributed by atoms with van der Waals surface area (Å²) in [5.74, 6) is 0. The van der Waals surface area contributed by atoms with Crippen molar-refractivity contribution in [2.45, 2.75) is 0 Å². The summed E-state index contributed by atoms with van der Waals surface area (Å²) in [6, 6.07) is 0. The van der Waals surface area contributed by atoms with Crippen LogP contribution in [0.2, 0.25) is 0 Å². The Balaban J connectivity index is 0. The van der Waals surface area contributed by atoms with E-state index in [-0.39, 0.29) is 78.8 Å². The van der Waals surface area contributed by atoms with Crippen LogP contribution in [0.1, 0.15) is 0 Å². The molecule has 1 radical (unpaired) electrons. The Morgan fingerprint density at radius 3 is 1.00 bits per heavy atom. The molecule has 0 aromatic heterocycles. The molecule has 4 heavy (non-hydrogen) atoms. The first-order chi connectivity index (χ1) is 0. The number of hydrogen-bond acceptors (Lipinski definition) is 0. The zero-order valence-corrected chi connectivity index (χ0v) is 9.84. The van der Waals surface area contributed by atoms with Gasteiger partial charge in [-0.15, -0.1) is 0 Å². The van der Waals surface area contributed by atoms with Crippen molar-refractivity contribution in [1.29, 1.82) is 0 Å². The summed E-state index contributed by atoms with van der Waals surface area (Å²) in [6.45, 7) is 0. The Morgan fingerprint density at radius 2 is 1.00 bits per heavy atom. The topological polar surface area (TPSA) is 0 Å². The van der Waals surface area contributed by atoms with Crippen LogP contribution in [0.25, 0.3) is 0 Å². The van der Waals surface area contributed by atoms with Crippen molar-refractivity contribution >= 4 is 24.4 Å². The van der Waals surface area contributed by atoms with Gasteiger partial charge in [-0.1, -0.05) is 0 Å². The van der Waals surface area contributed by atoms with E-state index in [1.807, 2.05) is 0 Å². The maximum atomic E-state index is 0. The van der Waals surface area contributed by atoms with Crippen LogP contribution >= 0.6 is 0 Å². The zero-order chi connectivity index (χ0) is 0. The van der Waals surface area contributed by atoms with E-state index < -0.39 is 0 Å². The number of rotatable bonds is 0. The third kappa shape index (κ3) is 8.82. The van der Waals surface area contributed by atoms with Crippen LogP contribution in [-0.2, 0) is 54.3 Å². The molecule has 0 spiro atoms. The Hall–Kier alpha value is 2.51. The van der Waals surface area contributed by atoms with Crippen LogP contribution in [0.3, 0.4) is 0 Å². The van der Waals surface area contributed by atoms with Crippen molar-refractivity contribution in [2.75, 3.05) is 0 Å². The van der Waals surface area contributed by atoms with E-state index in [0.29, 0.717) is 0 Å². The Kier molecular flexibility index (Phi) is 140. The summed E-state index contributed by atoms with van der Waals surface area (Å²) < 4.78 is 0. The molecule has 0 saturated heterocycles. The monoisotopic (exact) mass is 339 g/mol. The van der Waals surface area contributed by atoms with Crippen LogP contribution in [0.15, 0.2) is 0 Å². The van der Waals surface area contributed by atoms with Gasteiger partial charge in [0.05, 0.1) is 0 Å². The Morgan fingerprint density at radius 1 is 1.00 bits per heavy atom. The zero-order valence-electron chi connectivity index (χ0n) is 1.76. The third-order valence-corrected chi connectivity index (χ3v) is 0. The summed E-state index contributed by atoms with van der Waals surface area (Å²) >= 11 is 0. The molecule has 0 aromatic rings. The predicted molar refractivity (Wildman–Crippen MR) is 9.94 cm³/mol. The van der Waals surface area contributed by atoms with Crippen molar-refractivity contribution in [2.24, 2.45) is 0 Å².